The predicted octanol–water partition coefficient (Wildman–Crippen LogP) is 1.55. The van der Waals surface area contributed by atoms with E-state index in [0.717, 1.165) is 37.5 Å². The lowest BCUT2D eigenvalue weighted by atomic mass is 10.1. The van der Waals surface area contributed by atoms with Gasteiger partial charge in [-0.25, -0.2) is 0 Å². The molecular formula is C12H21N3O. The van der Waals surface area contributed by atoms with Crippen molar-refractivity contribution in [2.45, 2.75) is 45.8 Å². The summed E-state index contributed by atoms with van der Waals surface area (Å²) in [5.74, 6) is 1.07. The maximum atomic E-state index is 5.38. The van der Waals surface area contributed by atoms with E-state index in [0.29, 0.717) is 0 Å². The van der Waals surface area contributed by atoms with Crippen LogP contribution in [0.5, 0.6) is 0 Å². The molecule has 0 bridgehead atoms. The van der Waals surface area contributed by atoms with Gasteiger partial charge in [0.15, 0.2) is 0 Å². The van der Waals surface area contributed by atoms with Crippen LogP contribution in [0.2, 0.25) is 0 Å². The number of aromatic nitrogens is 1. The first-order chi connectivity index (χ1) is 7.46. The molecule has 0 radical (unpaired) electrons. The minimum atomic E-state index is 0.117. The summed E-state index contributed by atoms with van der Waals surface area (Å²) in [5, 5.41) is 7.62. The molecule has 0 amide bonds. The van der Waals surface area contributed by atoms with E-state index in [-0.39, 0.29) is 5.54 Å². The first-order valence-electron chi connectivity index (χ1n) is 5.85. The van der Waals surface area contributed by atoms with E-state index in [4.69, 9.17) is 4.52 Å². The smallest absolute Gasteiger partial charge is 0.142 e. The molecule has 90 valence electrons. The van der Waals surface area contributed by atoms with Crippen LogP contribution < -0.4 is 5.32 Å². The predicted molar refractivity (Wildman–Crippen MR) is 63.1 cm³/mol. The van der Waals surface area contributed by atoms with Gasteiger partial charge in [0.2, 0.25) is 0 Å². The summed E-state index contributed by atoms with van der Waals surface area (Å²) in [7, 11) is 2.14. The molecule has 2 rings (SSSR count). The van der Waals surface area contributed by atoms with Crippen LogP contribution in [-0.4, -0.2) is 29.2 Å². The van der Waals surface area contributed by atoms with Crippen LogP contribution in [0.25, 0.3) is 0 Å². The highest BCUT2D eigenvalue weighted by molar-refractivity contribution is 5.25. The van der Waals surface area contributed by atoms with Crippen molar-refractivity contribution in [1.29, 1.82) is 0 Å². The molecule has 1 N–H and O–H groups in total. The minimum absolute atomic E-state index is 0.117. The monoisotopic (exact) mass is 223 g/mol. The Morgan fingerprint density at radius 2 is 2.19 bits per heavy atom. The second-order valence-electron chi connectivity index (χ2n) is 5.62. The van der Waals surface area contributed by atoms with Crippen LogP contribution in [0, 0.1) is 0 Å². The van der Waals surface area contributed by atoms with Crippen LogP contribution >= 0.6 is 0 Å². The SMILES string of the molecule is CN1CCc2onc(CNC(C)(C)C)c2C1. The third-order valence-corrected chi connectivity index (χ3v) is 2.89. The number of fused-ring (bicyclic) bond motifs is 1. The summed E-state index contributed by atoms with van der Waals surface area (Å²) in [5.41, 5.74) is 2.47. The van der Waals surface area contributed by atoms with Crippen molar-refractivity contribution in [3.63, 3.8) is 0 Å². The largest absolute Gasteiger partial charge is 0.361 e. The van der Waals surface area contributed by atoms with E-state index in [1.54, 1.807) is 0 Å². The Morgan fingerprint density at radius 3 is 2.88 bits per heavy atom. The van der Waals surface area contributed by atoms with Crippen molar-refractivity contribution in [2.24, 2.45) is 0 Å². The van der Waals surface area contributed by atoms with Crippen LogP contribution in [-0.2, 0) is 19.5 Å². The second-order valence-corrected chi connectivity index (χ2v) is 5.62. The third-order valence-electron chi connectivity index (χ3n) is 2.89. The lowest BCUT2D eigenvalue weighted by Crippen LogP contribution is -2.36. The van der Waals surface area contributed by atoms with Crippen molar-refractivity contribution < 1.29 is 4.52 Å². The lowest BCUT2D eigenvalue weighted by molar-refractivity contribution is 0.281. The van der Waals surface area contributed by atoms with E-state index in [2.05, 4.69) is 43.2 Å². The van der Waals surface area contributed by atoms with Gasteiger partial charge in [-0.2, -0.15) is 0 Å². The summed E-state index contributed by atoms with van der Waals surface area (Å²) in [4.78, 5) is 2.31. The Hall–Kier alpha value is -0.870. The topological polar surface area (TPSA) is 41.3 Å². The first-order valence-corrected chi connectivity index (χ1v) is 5.85. The van der Waals surface area contributed by atoms with Crippen molar-refractivity contribution in [3.05, 3.63) is 17.0 Å². The molecule has 0 aliphatic carbocycles. The van der Waals surface area contributed by atoms with Gasteiger partial charge in [0.05, 0.1) is 0 Å². The maximum Gasteiger partial charge on any atom is 0.142 e. The van der Waals surface area contributed by atoms with E-state index in [1.807, 2.05) is 0 Å². The van der Waals surface area contributed by atoms with Crippen LogP contribution in [0.4, 0.5) is 0 Å². The number of likely N-dealkylation sites (N-methyl/N-ethyl adjacent to an activating group) is 1. The van der Waals surface area contributed by atoms with E-state index >= 15 is 0 Å². The Morgan fingerprint density at radius 1 is 1.44 bits per heavy atom. The molecule has 0 saturated heterocycles. The van der Waals surface area contributed by atoms with Gasteiger partial charge in [-0.3, -0.25) is 0 Å². The fraction of sp³-hybridized carbons (Fsp3) is 0.750. The zero-order chi connectivity index (χ0) is 11.8. The van der Waals surface area contributed by atoms with Crippen LogP contribution in [0.15, 0.2) is 4.52 Å². The maximum absolute atomic E-state index is 5.38. The first kappa shape index (κ1) is 11.6. The summed E-state index contributed by atoms with van der Waals surface area (Å²) < 4.78 is 5.38. The molecule has 0 saturated carbocycles. The molecule has 4 nitrogen and oxygen atoms in total. The molecular weight excluding hydrogens is 202 g/mol. The third kappa shape index (κ3) is 2.62. The average molecular weight is 223 g/mol. The molecule has 0 spiro atoms. The second kappa shape index (κ2) is 4.18. The normalized spacial score (nSPS) is 17.5. The fourth-order valence-electron chi connectivity index (χ4n) is 1.89. The molecule has 0 atom stereocenters. The summed E-state index contributed by atoms with van der Waals surface area (Å²) in [6.07, 6.45) is 0.981. The molecule has 1 aliphatic heterocycles. The van der Waals surface area contributed by atoms with Gasteiger partial charge >= 0.3 is 0 Å². The Bertz CT molecular complexity index is 365. The zero-order valence-electron chi connectivity index (χ0n) is 10.6. The number of hydrogen-bond donors (Lipinski definition) is 1. The number of hydrogen-bond acceptors (Lipinski definition) is 4. The molecule has 16 heavy (non-hydrogen) atoms. The molecule has 0 fully saturated rings. The van der Waals surface area contributed by atoms with Gasteiger partial charge in [0.25, 0.3) is 0 Å². The van der Waals surface area contributed by atoms with Gasteiger partial charge < -0.3 is 14.7 Å². The van der Waals surface area contributed by atoms with Gasteiger partial charge in [-0.05, 0) is 27.8 Å². The highest BCUT2D eigenvalue weighted by Crippen LogP contribution is 2.21. The van der Waals surface area contributed by atoms with Crippen LogP contribution in [0.1, 0.15) is 37.8 Å². The Balaban J connectivity index is 2.08. The average Bonchev–Trinajstić information content (AvgIpc) is 2.56. The molecule has 4 heteroatoms. The number of rotatable bonds is 2. The lowest BCUT2D eigenvalue weighted by Gasteiger charge is -2.23. The van der Waals surface area contributed by atoms with Gasteiger partial charge in [0.1, 0.15) is 11.5 Å². The van der Waals surface area contributed by atoms with Crippen molar-refractivity contribution >= 4 is 0 Å². The van der Waals surface area contributed by atoms with Crippen LogP contribution in [0.3, 0.4) is 0 Å². The summed E-state index contributed by atoms with van der Waals surface area (Å²) in [6, 6.07) is 0. The van der Waals surface area contributed by atoms with Gasteiger partial charge in [-0.1, -0.05) is 5.16 Å². The minimum Gasteiger partial charge on any atom is -0.361 e. The molecule has 0 unspecified atom stereocenters. The Kier molecular flexibility index (Phi) is 3.04. The van der Waals surface area contributed by atoms with E-state index < -0.39 is 0 Å². The zero-order valence-corrected chi connectivity index (χ0v) is 10.6. The van der Waals surface area contributed by atoms with Crippen molar-refractivity contribution in [1.82, 2.24) is 15.4 Å². The number of nitrogens with zero attached hydrogens (tertiary/aromatic N) is 2. The fourth-order valence-corrected chi connectivity index (χ4v) is 1.89. The highest BCUT2D eigenvalue weighted by atomic mass is 16.5. The molecule has 1 aromatic rings. The molecule has 0 aromatic carbocycles. The molecule has 2 heterocycles. The molecule has 1 aliphatic rings. The quantitative estimate of drug-likeness (QED) is 0.826. The van der Waals surface area contributed by atoms with Crippen molar-refractivity contribution in [3.8, 4) is 0 Å². The van der Waals surface area contributed by atoms with Gasteiger partial charge in [-0.15, -0.1) is 0 Å². The molecule has 1 aromatic heterocycles. The van der Waals surface area contributed by atoms with Crippen molar-refractivity contribution in [2.75, 3.05) is 13.6 Å². The standard InChI is InChI=1S/C12H21N3O/c1-12(2,3)13-7-10-9-8-15(4)6-5-11(9)16-14-10/h13H,5-8H2,1-4H3. The van der Waals surface area contributed by atoms with E-state index in [1.165, 1.54) is 5.56 Å². The summed E-state index contributed by atoms with van der Waals surface area (Å²) in [6.45, 7) is 9.29. The Labute approximate surface area is 97.0 Å². The highest BCUT2D eigenvalue weighted by Gasteiger charge is 2.22. The van der Waals surface area contributed by atoms with Gasteiger partial charge in [0, 0.05) is 37.2 Å². The number of nitrogens with one attached hydrogen (secondary N) is 1. The van der Waals surface area contributed by atoms with E-state index in [9.17, 15) is 0 Å². The summed E-state index contributed by atoms with van der Waals surface area (Å²) >= 11 is 0.